The summed E-state index contributed by atoms with van der Waals surface area (Å²) in [5.74, 6) is -1.37. The van der Waals surface area contributed by atoms with Crippen LogP contribution in [0.3, 0.4) is 0 Å². The van der Waals surface area contributed by atoms with E-state index in [1.807, 2.05) is 6.92 Å². The number of piperazine rings is 1. The molecule has 0 spiro atoms. The Morgan fingerprint density at radius 1 is 1.40 bits per heavy atom. The molecule has 1 aliphatic heterocycles. The molecule has 0 radical (unpaired) electrons. The molecular weight excluding hydrogens is 274 g/mol. The number of nitrogens with one attached hydrogen (secondary N) is 1. The maximum absolute atomic E-state index is 14.2. The van der Waals surface area contributed by atoms with Gasteiger partial charge in [0.05, 0.1) is 17.3 Å². The van der Waals surface area contributed by atoms with Crippen LogP contribution in [0.2, 0.25) is 0 Å². The van der Waals surface area contributed by atoms with Gasteiger partial charge in [0.15, 0.2) is 5.82 Å². The Hall–Kier alpha value is -1.81. The van der Waals surface area contributed by atoms with Gasteiger partial charge in [-0.2, -0.15) is 18.4 Å². The molecule has 1 fully saturated rings. The molecule has 108 valence electrons. The molecule has 1 atom stereocenters. The summed E-state index contributed by atoms with van der Waals surface area (Å²) in [6.45, 7) is 3.28. The number of halogens is 4. The van der Waals surface area contributed by atoms with Gasteiger partial charge < -0.3 is 10.2 Å². The molecule has 1 aliphatic rings. The van der Waals surface area contributed by atoms with Gasteiger partial charge in [-0.25, -0.2) is 4.39 Å². The normalized spacial score (nSPS) is 19.8. The van der Waals surface area contributed by atoms with Crippen LogP contribution in [0.5, 0.6) is 0 Å². The molecule has 0 amide bonds. The summed E-state index contributed by atoms with van der Waals surface area (Å²) in [5, 5.41) is 11.8. The van der Waals surface area contributed by atoms with Gasteiger partial charge in [-0.3, -0.25) is 0 Å². The zero-order valence-electron chi connectivity index (χ0n) is 10.8. The molecule has 1 saturated heterocycles. The highest BCUT2D eigenvalue weighted by Gasteiger charge is 2.39. The van der Waals surface area contributed by atoms with Crippen LogP contribution < -0.4 is 10.2 Å². The van der Waals surface area contributed by atoms with Gasteiger partial charge in [0.2, 0.25) is 0 Å². The number of alkyl halides is 3. The standard InChI is InChI=1S/C13H13F4N3/c1-8-7-20(5-4-19-8)10-3-2-9(6-18)11(12(10)14)13(15,16)17/h2-3,8,19H,4-5,7H2,1H3/t8-/m0/s1. The predicted molar refractivity (Wildman–Crippen MR) is 65.8 cm³/mol. The van der Waals surface area contributed by atoms with Crippen molar-refractivity contribution in [1.29, 1.82) is 5.26 Å². The number of nitriles is 1. The van der Waals surface area contributed by atoms with Crippen LogP contribution in [-0.4, -0.2) is 25.7 Å². The van der Waals surface area contributed by atoms with Crippen molar-refractivity contribution < 1.29 is 17.6 Å². The van der Waals surface area contributed by atoms with Crippen molar-refractivity contribution in [3.05, 3.63) is 29.1 Å². The minimum Gasteiger partial charge on any atom is -0.366 e. The average molecular weight is 287 g/mol. The van der Waals surface area contributed by atoms with E-state index in [2.05, 4.69) is 5.32 Å². The second-order valence-corrected chi connectivity index (χ2v) is 4.73. The van der Waals surface area contributed by atoms with Crippen molar-refractivity contribution in [3.8, 4) is 6.07 Å². The van der Waals surface area contributed by atoms with Crippen molar-refractivity contribution >= 4 is 5.69 Å². The van der Waals surface area contributed by atoms with E-state index < -0.39 is 23.1 Å². The van der Waals surface area contributed by atoms with Crippen molar-refractivity contribution in [2.24, 2.45) is 0 Å². The molecule has 0 unspecified atom stereocenters. The minimum atomic E-state index is -4.88. The summed E-state index contributed by atoms with van der Waals surface area (Å²) >= 11 is 0. The Kier molecular flexibility index (Phi) is 3.86. The molecule has 0 aromatic heterocycles. The molecule has 0 bridgehead atoms. The van der Waals surface area contributed by atoms with E-state index in [0.29, 0.717) is 19.6 Å². The first-order valence-corrected chi connectivity index (χ1v) is 6.12. The lowest BCUT2D eigenvalue weighted by molar-refractivity contribution is -0.140. The largest absolute Gasteiger partial charge is 0.420 e. The molecule has 1 aromatic carbocycles. The van der Waals surface area contributed by atoms with Gasteiger partial charge in [0, 0.05) is 25.7 Å². The van der Waals surface area contributed by atoms with E-state index in [4.69, 9.17) is 5.26 Å². The molecule has 20 heavy (non-hydrogen) atoms. The molecule has 1 aromatic rings. The summed E-state index contributed by atoms with van der Waals surface area (Å²) < 4.78 is 52.9. The van der Waals surface area contributed by atoms with Crippen LogP contribution in [0.25, 0.3) is 0 Å². The Morgan fingerprint density at radius 2 is 2.10 bits per heavy atom. The second-order valence-electron chi connectivity index (χ2n) is 4.73. The first kappa shape index (κ1) is 14.6. The number of nitrogens with zero attached hydrogens (tertiary/aromatic N) is 2. The van der Waals surface area contributed by atoms with Gasteiger partial charge in [-0.15, -0.1) is 0 Å². The maximum Gasteiger partial charge on any atom is 0.420 e. The lowest BCUT2D eigenvalue weighted by atomic mass is 10.0. The van der Waals surface area contributed by atoms with Gasteiger partial charge >= 0.3 is 6.18 Å². The SMILES string of the molecule is C[C@H]1CN(c2ccc(C#N)c(C(F)(F)F)c2F)CCN1. The minimum absolute atomic E-state index is 0.0631. The fourth-order valence-electron chi connectivity index (χ4n) is 2.33. The van der Waals surface area contributed by atoms with E-state index in [0.717, 1.165) is 6.07 Å². The second kappa shape index (κ2) is 5.29. The highest BCUT2D eigenvalue weighted by Crippen LogP contribution is 2.37. The van der Waals surface area contributed by atoms with E-state index in [1.165, 1.54) is 12.1 Å². The Labute approximate surface area is 113 Å². The van der Waals surface area contributed by atoms with Crippen LogP contribution in [0, 0.1) is 17.1 Å². The van der Waals surface area contributed by atoms with Gasteiger partial charge in [-0.05, 0) is 19.1 Å². The van der Waals surface area contributed by atoms with Crippen LogP contribution in [0.15, 0.2) is 12.1 Å². The quantitative estimate of drug-likeness (QED) is 0.807. The summed E-state index contributed by atoms with van der Waals surface area (Å²) in [6.07, 6.45) is -4.88. The number of hydrogen-bond donors (Lipinski definition) is 1. The molecule has 2 rings (SSSR count). The molecular formula is C13H13F4N3. The third-order valence-electron chi connectivity index (χ3n) is 3.23. The molecule has 3 nitrogen and oxygen atoms in total. The number of anilines is 1. The highest BCUT2D eigenvalue weighted by atomic mass is 19.4. The summed E-state index contributed by atoms with van der Waals surface area (Å²) in [6, 6.07) is 3.71. The van der Waals surface area contributed by atoms with Crippen LogP contribution in [0.1, 0.15) is 18.1 Å². The maximum atomic E-state index is 14.2. The number of hydrogen-bond acceptors (Lipinski definition) is 3. The molecule has 0 aliphatic carbocycles. The fourth-order valence-corrected chi connectivity index (χ4v) is 2.33. The van der Waals surface area contributed by atoms with Crippen LogP contribution in [0.4, 0.5) is 23.2 Å². The fraction of sp³-hybridized carbons (Fsp3) is 0.462. The van der Waals surface area contributed by atoms with Gasteiger partial charge in [0.25, 0.3) is 0 Å². The number of benzene rings is 1. The molecule has 0 saturated carbocycles. The van der Waals surface area contributed by atoms with E-state index in [-0.39, 0.29) is 11.7 Å². The van der Waals surface area contributed by atoms with Crippen LogP contribution >= 0.6 is 0 Å². The van der Waals surface area contributed by atoms with Crippen molar-refractivity contribution in [3.63, 3.8) is 0 Å². The zero-order valence-corrected chi connectivity index (χ0v) is 10.8. The third kappa shape index (κ3) is 2.70. The first-order chi connectivity index (χ1) is 9.34. The lowest BCUT2D eigenvalue weighted by Crippen LogP contribution is -2.49. The van der Waals surface area contributed by atoms with E-state index in [1.54, 1.807) is 4.90 Å². The topological polar surface area (TPSA) is 39.1 Å². The van der Waals surface area contributed by atoms with E-state index >= 15 is 0 Å². The van der Waals surface area contributed by atoms with Crippen molar-refractivity contribution in [2.45, 2.75) is 19.1 Å². The predicted octanol–water partition coefficient (Wildman–Crippen LogP) is 2.51. The van der Waals surface area contributed by atoms with Gasteiger partial charge in [-0.1, -0.05) is 0 Å². The zero-order chi connectivity index (χ0) is 14.9. The number of rotatable bonds is 1. The summed E-state index contributed by atoms with van der Waals surface area (Å²) in [4.78, 5) is 1.56. The van der Waals surface area contributed by atoms with E-state index in [9.17, 15) is 17.6 Å². The monoisotopic (exact) mass is 287 g/mol. The lowest BCUT2D eigenvalue weighted by Gasteiger charge is -2.34. The molecule has 7 heteroatoms. The summed E-state index contributed by atoms with van der Waals surface area (Å²) in [7, 11) is 0. The van der Waals surface area contributed by atoms with Gasteiger partial charge in [0.1, 0.15) is 5.56 Å². The first-order valence-electron chi connectivity index (χ1n) is 6.12. The molecule has 1 heterocycles. The Balaban J connectivity index is 2.49. The third-order valence-corrected chi connectivity index (χ3v) is 3.23. The highest BCUT2D eigenvalue weighted by molar-refractivity contribution is 5.56. The van der Waals surface area contributed by atoms with Crippen molar-refractivity contribution in [2.75, 3.05) is 24.5 Å². The van der Waals surface area contributed by atoms with Crippen molar-refractivity contribution in [1.82, 2.24) is 5.32 Å². The Morgan fingerprint density at radius 3 is 2.65 bits per heavy atom. The average Bonchev–Trinajstić information content (AvgIpc) is 2.36. The van der Waals surface area contributed by atoms with Crippen LogP contribution in [-0.2, 0) is 6.18 Å². The Bertz CT molecular complexity index is 548. The summed E-state index contributed by atoms with van der Waals surface area (Å²) in [5.41, 5.74) is -2.28. The smallest absolute Gasteiger partial charge is 0.366 e. The molecule has 1 N–H and O–H groups in total.